The highest BCUT2D eigenvalue weighted by Crippen LogP contribution is 2.24. The molecule has 1 N–H and O–H groups in total. The molecule has 5 heteroatoms. The lowest BCUT2D eigenvalue weighted by molar-refractivity contribution is 0.201. The van der Waals surface area contributed by atoms with Crippen molar-refractivity contribution in [1.29, 1.82) is 0 Å². The Morgan fingerprint density at radius 2 is 1.96 bits per heavy atom. The third-order valence-corrected chi connectivity index (χ3v) is 4.64. The third kappa shape index (κ3) is 3.71. The highest BCUT2D eigenvalue weighted by molar-refractivity contribution is 5.89. The van der Waals surface area contributed by atoms with Crippen molar-refractivity contribution in [2.45, 2.75) is 45.3 Å². The molecule has 0 bridgehead atoms. The first kappa shape index (κ1) is 15.8. The number of fused-ring (bicyclic) bond motifs is 1. The molecule has 0 spiro atoms. The van der Waals surface area contributed by atoms with Crippen LogP contribution in [0.1, 0.15) is 36.8 Å². The quantitative estimate of drug-likeness (QED) is 0.755. The lowest BCUT2D eigenvalue weighted by atomic mass is 10.1. The van der Waals surface area contributed by atoms with E-state index in [0.717, 1.165) is 41.0 Å². The Morgan fingerprint density at radius 1 is 1.08 bits per heavy atom. The number of hydrogen-bond donors (Lipinski definition) is 1. The van der Waals surface area contributed by atoms with Crippen molar-refractivity contribution in [2.24, 2.45) is 0 Å². The van der Waals surface area contributed by atoms with Crippen LogP contribution >= 0.6 is 0 Å². The van der Waals surface area contributed by atoms with E-state index >= 15 is 0 Å². The summed E-state index contributed by atoms with van der Waals surface area (Å²) in [6.07, 6.45) is 8.51. The van der Waals surface area contributed by atoms with Gasteiger partial charge in [0.1, 0.15) is 18.2 Å². The first-order valence-corrected chi connectivity index (χ1v) is 8.85. The standard InChI is InChI=1S/C20H22N4O/c1-14-6-7-18-17(10-14)20(24-13-23-18)22-12-15-8-9-21-19(11-15)25-16-4-2-3-5-16/h6-11,13,16H,2-5,12H2,1H3,(H,22,23,24). The van der Waals surface area contributed by atoms with Crippen LogP contribution in [-0.4, -0.2) is 21.1 Å². The number of benzene rings is 1. The molecule has 0 aliphatic heterocycles. The maximum Gasteiger partial charge on any atom is 0.213 e. The van der Waals surface area contributed by atoms with Gasteiger partial charge in [-0.25, -0.2) is 15.0 Å². The van der Waals surface area contributed by atoms with Crippen LogP contribution in [0.25, 0.3) is 10.9 Å². The molecule has 1 saturated carbocycles. The van der Waals surface area contributed by atoms with Gasteiger partial charge in [-0.15, -0.1) is 0 Å². The Bertz CT molecular complexity index is 874. The molecule has 128 valence electrons. The molecule has 0 atom stereocenters. The Hall–Kier alpha value is -2.69. The number of nitrogens with zero attached hydrogens (tertiary/aromatic N) is 3. The number of anilines is 1. The van der Waals surface area contributed by atoms with Crippen LogP contribution in [0, 0.1) is 6.92 Å². The summed E-state index contributed by atoms with van der Waals surface area (Å²) in [6, 6.07) is 10.2. The van der Waals surface area contributed by atoms with E-state index in [9.17, 15) is 0 Å². The van der Waals surface area contributed by atoms with E-state index in [0.29, 0.717) is 12.6 Å². The van der Waals surface area contributed by atoms with Gasteiger partial charge in [-0.1, -0.05) is 11.6 Å². The first-order valence-electron chi connectivity index (χ1n) is 8.85. The summed E-state index contributed by atoms with van der Waals surface area (Å²) in [6.45, 7) is 2.75. The number of aryl methyl sites for hydroxylation is 1. The number of rotatable bonds is 5. The molecule has 4 rings (SSSR count). The van der Waals surface area contributed by atoms with Crippen molar-refractivity contribution < 1.29 is 4.74 Å². The predicted octanol–water partition coefficient (Wildman–Crippen LogP) is 4.27. The zero-order valence-electron chi connectivity index (χ0n) is 14.4. The highest BCUT2D eigenvalue weighted by atomic mass is 16.5. The van der Waals surface area contributed by atoms with Crippen LogP contribution in [0.4, 0.5) is 5.82 Å². The summed E-state index contributed by atoms with van der Waals surface area (Å²) in [7, 11) is 0. The van der Waals surface area contributed by atoms with Crippen molar-refractivity contribution in [2.75, 3.05) is 5.32 Å². The fourth-order valence-electron chi connectivity index (χ4n) is 3.30. The van der Waals surface area contributed by atoms with Crippen molar-refractivity contribution >= 4 is 16.7 Å². The Morgan fingerprint density at radius 3 is 2.84 bits per heavy atom. The number of nitrogens with one attached hydrogen (secondary N) is 1. The molecule has 2 heterocycles. The number of aromatic nitrogens is 3. The molecular formula is C20H22N4O. The van der Waals surface area contributed by atoms with Gasteiger partial charge in [-0.05, 0) is 56.4 Å². The molecule has 0 unspecified atom stereocenters. The van der Waals surface area contributed by atoms with Crippen LogP contribution in [0.2, 0.25) is 0 Å². The van der Waals surface area contributed by atoms with Crippen LogP contribution < -0.4 is 10.1 Å². The van der Waals surface area contributed by atoms with E-state index in [2.05, 4.69) is 39.3 Å². The fourth-order valence-corrected chi connectivity index (χ4v) is 3.30. The van der Waals surface area contributed by atoms with Crippen LogP contribution in [-0.2, 0) is 6.54 Å². The van der Waals surface area contributed by atoms with Crippen LogP contribution in [0.5, 0.6) is 5.88 Å². The Balaban J connectivity index is 1.49. The van der Waals surface area contributed by atoms with Crippen LogP contribution in [0.3, 0.4) is 0 Å². The second-order valence-corrected chi connectivity index (χ2v) is 6.62. The van der Waals surface area contributed by atoms with Crippen LogP contribution in [0.15, 0.2) is 42.9 Å². The molecule has 25 heavy (non-hydrogen) atoms. The fraction of sp³-hybridized carbons (Fsp3) is 0.350. The molecule has 5 nitrogen and oxygen atoms in total. The van der Waals surface area contributed by atoms with Gasteiger partial charge in [0.05, 0.1) is 5.52 Å². The topological polar surface area (TPSA) is 59.9 Å². The zero-order chi connectivity index (χ0) is 17.1. The maximum atomic E-state index is 5.99. The number of pyridine rings is 1. The summed E-state index contributed by atoms with van der Waals surface area (Å²) in [4.78, 5) is 13.1. The summed E-state index contributed by atoms with van der Waals surface area (Å²) in [5.41, 5.74) is 3.27. The molecule has 0 saturated heterocycles. The molecule has 2 aromatic heterocycles. The second-order valence-electron chi connectivity index (χ2n) is 6.62. The van der Waals surface area contributed by atoms with Gasteiger partial charge in [0.25, 0.3) is 0 Å². The van der Waals surface area contributed by atoms with E-state index in [1.165, 1.54) is 18.4 Å². The van der Waals surface area contributed by atoms with E-state index in [1.807, 2.05) is 24.4 Å². The second kappa shape index (κ2) is 7.05. The van der Waals surface area contributed by atoms with Gasteiger partial charge < -0.3 is 10.1 Å². The molecule has 0 amide bonds. The predicted molar refractivity (Wildman–Crippen MR) is 98.7 cm³/mol. The largest absolute Gasteiger partial charge is 0.474 e. The number of ether oxygens (including phenoxy) is 1. The highest BCUT2D eigenvalue weighted by Gasteiger charge is 2.17. The molecular weight excluding hydrogens is 312 g/mol. The number of hydrogen-bond acceptors (Lipinski definition) is 5. The molecule has 1 aliphatic carbocycles. The lowest BCUT2D eigenvalue weighted by Gasteiger charge is -2.13. The van der Waals surface area contributed by atoms with E-state index in [4.69, 9.17) is 4.74 Å². The minimum absolute atomic E-state index is 0.324. The van der Waals surface area contributed by atoms with Gasteiger partial charge in [-0.2, -0.15) is 0 Å². The maximum absolute atomic E-state index is 5.99. The molecule has 3 aromatic rings. The van der Waals surface area contributed by atoms with E-state index < -0.39 is 0 Å². The average molecular weight is 334 g/mol. The normalized spacial score (nSPS) is 14.8. The Kier molecular flexibility index (Phi) is 4.46. The van der Waals surface area contributed by atoms with E-state index in [1.54, 1.807) is 6.33 Å². The molecule has 1 fully saturated rings. The molecule has 0 radical (unpaired) electrons. The SMILES string of the molecule is Cc1ccc2ncnc(NCc3ccnc(OC4CCCC4)c3)c2c1. The third-order valence-electron chi connectivity index (χ3n) is 4.64. The van der Waals surface area contributed by atoms with Gasteiger partial charge in [0, 0.05) is 24.2 Å². The summed E-state index contributed by atoms with van der Waals surface area (Å²) in [5.74, 6) is 1.57. The minimum atomic E-state index is 0.324. The van der Waals surface area contributed by atoms with Crippen molar-refractivity contribution in [3.8, 4) is 5.88 Å². The molecule has 1 aliphatic rings. The average Bonchev–Trinajstić information content (AvgIpc) is 3.13. The zero-order valence-corrected chi connectivity index (χ0v) is 14.4. The van der Waals surface area contributed by atoms with Crippen molar-refractivity contribution in [3.05, 3.63) is 54.0 Å². The van der Waals surface area contributed by atoms with E-state index in [-0.39, 0.29) is 0 Å². The first-order chi connectivity index (χ1) is 12.3. The minimum Gasteiger partial charge on any atom is -0.474 e. The molecule has 1 aromatic carbocycles. The lowest BCUT2D eigenvalue weighted by Crippen LogP contribution is -2.12. The summed E-state index contributed by atoms with van der Waals surface area (Å²) in [5, 5.41) is 4.46. The van der Waals surface area contributed by atoms with Crippen molar-refractivity contribution in [1.82, 2.24) is 15.0 Å². The smallest absolute Gasteiger partial charge is 0.213 e. The Labute approximate surface area is 147 Å². The monoisotopic (exact) mass is 334 g/mol. The van der Waals surface area contributed by atoms with Gasteiger partial charge >= 0.3 is 0 Å². The van der Waals surface area contributed by atoms with Gasteiger partial charge in [-0.3, -0.25) is 0 Å². The summed E-state index contributed by atoms with van der Waals surface area (Å²) >= 11 is 0. The van der Waals surface area contributed by atoms with Gasteiger partial charge in [0.15, 0.2) is 0 Å². The van der Waals surface area contributed by atoms with Crippen molar-refractivity contribution in [3.63, 3.8) is 0 Å². The van der Waals surface area contributed by atoms with Gasteiger partial charge in [0.2, 0.25) is 5.88 Å². The summed E-state index contributed by atoms with van der Waals surface area (Å²) < 4.78 is 5.99.